The quantitative estimate of drug-likeness (QED) is 0.608. The summed E-state index contributed by atoms with van der Waals surface area (Å²) in [6, 6.07) is 3.63. The second-order valence-electron chi connectivity index (χ2n) is 9.86. The Kier molecular flexibility index (Phi) is 4.92. The number of halogens is 1. The first-order chi connectivity index (χ1) is 16.0. The van der Waals surface area contributed by atoms with Gasteiger partial charge in [0, 0.05) is 37.2 Å². The van der Waals surface area contributed by atoms with Gasteiger partial charge in [0.2, 0.25) is 0 Å². The van der Waals surface area contributed by atoms with Gasteiger partial charge >= 0.3 is 0 Å². The number of aromatic nitrogens is 3. The van der Waals surface area contributed by atoms with E-state index in [-0.39, 0.29) is 11.4 Å². The van der Waals surface area contributed by atoms with Crippen LogP contribution >= 0.6 is 0 Å². The van der Waals surface area contributed by atoms with Gasteiger partial charge in [-0.3, -0.25) is 0 Å². The first-order valence-corrected chi connectivity index (χ1v) is 12.0. The highest BCUT2D eigenvalue weighted by molar-refractivity contribution is 5.93. The fourth-order valence-corrected chi connectivity index (χ4v) is 5.65. The predicted octanol–water partition coefficient (Wildman–Crippen LogP) is 3.95. The maximum atomic E-state index is 15.1. The molecule has 7 nitrogen and oxygen atoms in total. The zero-order valence-corrected chi connectivity index (χ0v) is 19.4. The summed E-state index contributed by atoms with van der Waals surface area (Å²) in [5.74, 6) is 2.03. The van der Waals surface area contributed by atoms with E-state index in [1.165, 1.54) is 0 Å². The SMILES string of the molecule is CCc1cc(F)c2nc(N3C[C@H]4CC4(NC[C@H]4CCCO4)C3)c(-c3nc(C)no3)c(C)c2c1. The van der Waals surface area contributed by atoms with E-state index in [1.807, 2.05) is 19.9 Å². The monoisotopic (exact) mass is 451 g/mol. The molecule has 33 heavy (non-hydrogen) atoms. The second-order valence-corrected chi connectivity index (χ2v) is 9.86. The highest BCUT2D eigenvalue weighted by Crippen LogP contribution is 2.52. The van der Waals surface area contributed by atoms with Gasteiger partial charge in [-0.1, -0.05) is 12.1 Å². The van der Waals surface area contributed by atoms with Crippen LogP contribution < -0.4 is 10.2 Å². The average Bonchev–Trinajstić information content (AvgIpc) is 3.25. The van der Waals surface area contributed by atoms with Crippen LogP contribution in [-0.2, 0) is 11.2 Å². The van der Waals surface area contributed by atoms with Crippen LogP contribution in [0.15, 0.2) is 16.7 Å². The number of aryl methyl sites for hydroxylation is 3. The van der Waals surface area contributed by atoms with Crippen LogP contribution in [0.1, 0.15) is 43.1 Å². The molecule has 174 valence electrons. The van der Waals surface area contributed by atoms with Gasteiger partial charge in [0.05, 0.1) is 11.7 Å². The van der Waals surface area contributed by atoms with Crippen molar-refractivity contribution in [2.24, 2.45) is 5.92 Å². The summed E-state index contributed by atoms with van der Waals surface area (Å²) in [6.45, 7) is 9.30. The topological polar surface area (TPSA) is 76.3 Å². The van der Waals surface area contributed by atoms with Crippen molar-refractivity contribution in [1.82, 2.24) is 20.4 Å². The van der Waals surface area contributed by atoms with E-state index in [4.69, 9.17) is 14.2 Å². The molecule has 0 radical (unpaired) electrons. The Labute approximate surface area is 192 Å². The number of fused-ring (bicyclic) bond motifs is 2. The number of nitrogens with zero attached hydrogens (tertiary/aromatic N) is 4. The fourth-order valence-electron chi connectivity index (χ4n) is 5.65. The molecule has 8 heteroatoms. The van der Waals surface area contributed by atoms with E-state index in [1.54, 1.807) is 13.0 Å². The molecule has 0 spiro atoms. The van der Waals surface area contributed by atoms with Crippen LogP contribution in [-0.4, -0.2) is 53.0 Å². The van der Waals surface area contributed by atoms with Crippen molar-refractivity contribution in [2.45, 2.75) is 58.1 Å². The number of rotatable bonds is 6. The molecule has 2 aromatic heterocycles. The number of ether oxygens (including phenoxy) is 1. The van der Waals surface area contributed by atoms with Crippen molar-refractivity contribution in [1.29, 1.82) is 0 Å². The maximum absolute atomic E-state index is 15.1. The van der Waals surface area contributed by atoms with Crippen LogP contribution in [0.5, 0.6) is 0 Å². The molecule has 3 fully saturated rings. The lowest BCUT2D eigenvalue weighted by atomic mass is 10.00. The molecule has 2 aliphatic heterocycles. The zero-order valence-electron chi connectivity index (χ0n) is 19.4. The Morgan fingerprint density at radius 1 is 1.27 bits per heavy atom. The third-order valence-electron chi connectivity index (χ3n) is 7.64. The van der Waals surface area contributed by atoms with E-state index in [0.717, 1.165) is 79.8 Å². The lowest BCUT2D eigenvalue weighted by molar-refractivity contribution is 0.106. The van der Waals surface area contributed by atoms with E-state index in [9.17, 15) is 0 Å². The Balaban J connectivity index is 1.39. The smallest absolute Gasteiger partial charge is 0.261 e. The molecule has 1 N–H and O–H groups in total. The van der Waals surface area contributed by atoms with Gasteiger partial charge < -0.3 is 19.5 Å². The molecular weight excluding hydrogens is 421 g/mol. The van der Waals surface area contributed by atoms with E-state index in [0.29, 0.717) is 29.3 Å². The largest absolute Gasteiger partial charge is 0.377 e. The Morgan fingerprint density at radius 3 is 2.88 bits per heavy atom. The van der Waals surface area contributed by atoms with Crippen molar-refractivity contribution in [3.05, 3.63) is 34.9 Å². The van der Waals surface area contributed by atoms with E-state index < -0.39 is 0 Å². The van der Waals surface area contributed by atoms with Crippen LogP contribution in [0.3, 0.4) is 0 Å². The van der Waals surface area contributed by atoms with Crippen molar-refractivity contribution in [2.75, 3.05) is 31.1 Å². The Bertz CT molecular complexity index is 1220. The third-order valence-corrected chi connectivity index (χ3v) is 7.64. The number of anilines is 1. The summed E-state index contributed by atoms with van der Waals surface area (Å²) in [7, 11) is 0. The summed E-state index contributed by atoms with van der Waals surface area (Å²) >= 11 is 0. The molecule has 6 rings (SSSR count). The first kappa shape index (κ1) is 21.0. The van der Waals surface area contributed by atoms with Gasteiger partial charge in [0.1, 0.15) is 17.2 Å². The molecule has 2 saturated heterocycles. The normalized spacial score (nSPS) is 26.4. The van der Waals surface area contributed by atoms with Crippen molar-refractivity contribution >= 4 is 16.7 Å². The average molecular weight is 452 g/mol. The van der Waals surface area contributed by atoms with Crippen LogP contribution in [0, 0.1) is 25.6 Å². The Morgan fingerprint density at radius 2 is 2.15 bits per heavy atom. The molecule has 4 heterocycles. The summed E-state index contributed by atoms with van der Waals surface area (Å²) in [4.78, 5) is 11.7. The zero-order chi connectivity index (χ0) is 22.7. The first-order valence-electron chi connectivity index (χ1n) is 12.0. The summed E-state index contributed by atoms with van der Waals surface area (Å²) in [6.07, 6.45) is 4.51. The van der Waals surface area contributed by atoms with Crippen LogP contribution in [0.4, 0.5) is 10.2 Å². The second kappa shape index (κ2) is 7.74. The lowest BCUT2D eigenvalue weighted by Gasteiger charge is -2.26. The van der Waals surface area contributed by atoms with Crippen LogP contribution in [0.25, 0.3) is 22.4 Å². The van der Waals surface area contributed by atoms with Gasteiger partial charge in [0.25, 0.3) is 5.89 Å². The molecule has 0 bridgehead atoms. The number of benzene rings is 1. The minimum Gasteiger partial charge on any atom is -0.377 e. The minimum atomic E-state index is -0.280. The number of nitrogens with one attached hydrogen (secondary N) is 1. The van der Waals surface area contributed by atoms with Crippen LogP contribution in [0.2, 0.25) is 0 Å². The van der Waals surface area contributed by atoms with Gasteiger partial charge in [0.15, 0.2) is 5.82 Å². The minimum absolute atomic E-state index is 0.0864. The number of piperidine rings is 1. The predicted molar refractivity (Wildman–Crippen MR) is 124 cm³/mol. The van der Waals surface area contributed by atoms with Crippen molar-refractivity contribution in [3.8, 4) is 11.5 Å². The summed E-state index contributed by atoms with van der Waals surface area (Å²) in [5.41, 5.74) is 3.18. The van der Waals surface area contributed by atoms with Crippen molar-refractivity contribution in [3.63, 3.8) is 0 Å². The van der Waals surface area contributed by atoms with Gasteiger partial charge in [-0.2, -0.15) is 4.98 Å². The fraction of sp³-hybridized carbons (Fsp3) is 0.560. The lowest BCUT2D eigenvalue weighted by Crippen LogP contribution is -2.42. The molecule has 1 unspecified atom stereocenters. The molecule has 1 aliphatic carbocycles. The standard InChI is InChI=1S/C25H30FN5O2/c1-4-16-8-19-14(2)21(24-28-15(3)30-33-24)23(29-22(19)20(26)9-16)31-12-17-10-25(17,13-31)27-11-18-6-5-7-32-18/h8-9,17-18,27H,4-7,10-13H2,1-3H3/t17-,18-,25?/m1/s1. The molecule has 3 aromatic rings. The molecule has 1 aromatic carbocycles. The molecule has 0 amide bonds. The van der Waals surface area contributed by atoms with Crippen molar-refractivity contribution < 1.29 is 13.7 Å². The molecule has 1 saturated carbocycles. The van der Waals surface area contributed by atoms with Gasteiger partial charge in [-0.05, 0) is 68.7 Å². The molecule has 3 aliphatic rings. The Hall–Kier alpha value is -2.58. The van der Waals surface area contributed by atoms with Gasteiger partial charge in [-0.25, -0.2) is 9.37 Å². The molecule has 3 atom stereocenters. The summed E-state index contributed by atoms with van der Waals surface area (Å²) in [5, 5.41) is 8.61. The van der Waals surface area contributed by atoms with Gasteiger partial charge in [-0.15, -0.1) is 0 Å². The highest BCUT2D eigenvalue weighted by Gasteiger charge is 2.60. The van der Waals surface area contributed by atoms with E-state index >= 15 is 4.39 Å². The highest BCUT2D eigenvalue weighted by atomic mass is 19.1. The number of hydrogen-bond donors (Lipinski definition) is 1. The molecular formula is C25H30FN5O2. The number of pyridine rings is 1. The number of hydrogen-bond acceptors (Lipinski definition) is 7. The maximum Gasteiger partial charge on any atom is 0.261 e. The summed E-state index contributed by atoms with van der Waals surface area (Å²) < 4.78 is 26.5. The third kappa shape index (κ3) is 3.51. The van der Waals surface area contributed by atoms with E-state index in [2.05, 4.69) is 20.4 Å².